The van der Waals surface area contributed by atoms with E-state index in [2.05, 4.69) is 20.0 Å². The molecule has 2 rings (SSSR count). The fraction of sp³-hybridized carbons (Fsp3) is 0.300. The number of nitrogens with one attached hydrogen (secondary N) is 1. The quantitative estimate of drug-likeness (QED) is 0.685. The second kappa shape index (κ2) is 5.93. The van der Waals surface area contributed by atoms with E-state index in [4.69, 9.17) is 11.5 Å². The maximum Gasteiger partial charge on any atom is 0.261 e. The van der Waals surface area contributed by atoms with Crippen molar-refractivity contribution in [3.05, 3.63) is 17.1 Å². The van der Waals surface area contributed by atoms with Gasteiger partial charge in [0.15, 0.2) is 5.82 Å². The molecule has 2 heterocycles. The second-order valence-electron chi connectivity index (χ2n) is 3.60. The average molecular weight is 299 g/mol. The fourth-order valence-corrected chi connectivity index (χ4v) is 3.43. The molecule has 0 aliphatic rings. The Bertz CT molecular complexity index is 567. The van der Waals surface area contributed by atoms with Gasteiger partial charge in [-0.2, -0.15) is 4.98 Å². The molecule has 0 atom stereocenters. The van der Waals surface area contributed by atoms with E-state index in [0.717, 1.165) is 9.90 Å². The number of nitrogen functional groups attached to an aromatic ring is 1. The van der Waals surface area contributed by atoms with E-state index in [1.807, 2.05) is 6.26 Å². The highest BCUT2D eigenvalue weighted by Crippen LogP contribution is 2.41. The minimum absolute atomic E-state index is 0.381. The molecule has 0 aliphatic carbocycles. The van der Waals surface area contributed by atoms with Crippen LogP contribution >= 0.6 is 23.1 Å². The van der Waals surface area contributed by atoms with Gasteiger partial charge in [-0.05, 0) is 6.26 Å². The van der Waals surface area contributed by atoms with E-state index in [-0.39, 0.29) is 0 Å². The van der Waals surface area contributed by atoms with Crippen molar-refractivity contribution in [2.75, 3.05) is 23.9 Å². The molecule has 2 aromatic heterocycles. The molecule has 0 radical (unpaired) electrons. The van der Waals surface area contributed by atoms with Gasteiger partial charge < -0.3 is 21.3 Å². The lowest BCUT2D eigenvalue weighted by molar-refractivity contribution is 0.100. The fourth-order valence-electron chi connectivity index (χ4n) is 1.52. The van der Waals surface area contributed by atoms with Crippen molar-refractivity contribution in [2.45, 2.75) is 11.3 Å². The molecule has 0 fully saturated rings. The molecular weight excluding hydrogens is 286 g/mol. The number of amides is 1. The Morgan fingerprint density at radius 3 is 3.00 bits per heavy atom. The third-order valence-electron chi connectivity index (χ3n) is 2.37. The summed E-state index contributed by atoms with van der Waals surface area (Å²) in [4.78, 5) is 16.4. The Morgan fingerprint density at radius 1 is 1.63 bits per heavy atom. The van der Waals surface area contributed by atoms with Crippen LogP contribution in [0.25, 0.3) is 0 Å². The molecule has 1 amide bonds. The van der Waals surface area contributed by atoms with Gasteiger partial charge in [-0.3, -0.25) is 4.79 Å². The van der Waals surface area contributed by atoms with Gasteiger partial charge in [0.25, 0.3) is 5.91 Å². The molecule has 0 bridgehead atoms. The van der Waals surface area contributed by atoms with Crippen molar-refractivity contribution in [1.82, 2.24) is 10.1 Å². The average Bonchev–Trinajstić information content (AvgIpc) is 2.97. The summed E-state index contributed by atoms with van der Waals surface area (Å²) in [5, 5.41) is 7.76. The van der Waals surface area contributed by atoms with Crippen molar-refractivity contribution in [3.63, 3.8) is 0 Å². The lowest BCUT2D eigenvalue weighted by Gasteiger charge is -2.04. The van der Waals surface area contributed by atoms with Gasteiger partial charge in [0, 0.05) is 13.0 Å². The Labute approximate surface area is 117 Å². The van der Waals surface area contributed by atoms with Gasteiger partial charge in [0.2, 0.25) is 6.39 Å². The smallest absolute Gasteiger partial charge is 0.261 e. The first-order chi connectivity index (χ1) is 9.13. The van der Waals surface area contributed by atoms with Crippen LogP contribution in [-0.2, 0) is 6.42 Å². The Hall–Kier alpha value is -1.74. The Kier molecular flexibility index (Phi) is 4.27. The van der Waals surface area contributed by atoms with Gasteiger partial charge >= 0.3 is 0 Å². The number of carbonyl (C=O) groups excluding carboxylic acids is 1. The summed E-state index contributed by atoms with van der Waals surface area (Å²) < 4.78 is 4.65. The standard InChI is InChI=1S/C10H13N5O2S2/c1-18-8-6(11)7(9(12)16)19-10(8)13-3-2-5-14-4-17-15-5/h4,13H,2-3,11H2,1H3,(H2,12,16). The Morgan fingerprint density at radius 2 is 2.42 bits per heavy atom. The molecule has 5 N–H and O–H groups in total. The van der Waals surface area contributed by atoms with Crippen molar-refractivity contribution in [2.24, 2.45) is 5.73 Å². The third kappa shape index (κ3) is 2.99. The monoisotopic (exact) mass is 299 g/mol. The number of thiophene rings is 1. The van der Waals surface area contributed by atoms with Crippen molar-refractivity contribution in [3.8, 4) is 0 Å². The van der Waals surface area contributed by atoms with E-state index in [1.54, 1.807) is 0 Å². The normalized spacial score (nSPS) is 10.6. The molecule has 9 heteroatoms. The highest BCUT2D eigenvalue weighted by molar-refractivity contribution is 7.99. The van der Waals surface area contributed by atoms with Crippen LogP contribution in [0.4, 0.5) is 10.7 Å². The molecule has 2 aromatic rings. The number of thioether (sulfide) groups is 1. The van der Waals surface area contributed by atoms with Crippen LogP contribution in [0, 0.1) is 0 Å². The first-order valence-corrected chi connectivity index (χ1v) is 7.42. The number of nitrogens with two attached hydrogens (primary N) is 2. The lowest BCUT2D eigenvalue weighted by atomic mass is 10.3. The molecular formula is C10H13N5O2S2. The van der Waals surface area contributed by atoms with Crippen LogP contribution in [0.5, 0.6) is 0 Å². The lowest BCUT2D eigenvalue weighted by Crippen LogP contribution is -2.10. The number of hydrogen-bond acceptors (Lipinski definition) is 8. The van der Waals surface area contributed by atoms with Crippen LogP contribution in [-0.4, -0.2) is 28.8 Å². The summed E-state index contributed by atoms with van der Waals surface area (Å²) in [5.41, 5.74) is 11.6. The summed E-state index contributed by atoms with van der Waals surface area (Å²) in [6.07, 6.45) is 3.80. The second-order valence-corrected chi connectivity index (χ2v) is 5.43. The number of aromatic nitrogens is 2. The van der Waals surface area contributed by atoms with E-state index < -0.39 is 5.91 Å². The van der Waals surface area contributed by atoms with Crippen LogP contribution in [0.15, 0.2) is 15.8 Å². The number of nitrogens with zero attached hydrogens (tertiary/aromatic N) is 2. The number of carbonyl (C=O) groups is 1. The molecule has 0 aliphatic heterocycles. The van der Waals surface area contributed by atoms with Crippen LogP contribution < -0.4 is 16.8 Å². The maximum absolute atomic E-state index is 11.2. The molecule has 0 aromatic carbocycles. The zero-order valence-electron chi connectivity index (χ0n) is 10.2. The number of anilines is 2. The molecule has 0 unspecified atom stereocenters. The van der Waals surface area contributed by atoms with E-state index in [1.165, 1.54) is 29.5 Å². The molecule has 102 valence electrons. The van der Waals surface area contributed by atoms with Crippen LogP contribution in [0.2, 0.25) is 0 Å². The van der Waals surface area contributed by atoms with Gasteiger partial charge in [-0.25, -0.2) is 0 Å². The summed E-state index contributed by atoms with van der Waals surface area (Å²) in [6.45, 7) is 0.616. The summed E-state index contributed by atoms with van der Waals surface area (Å²) in [5.74, 6) is 0.113. The zero-order valence-corrected chi connectivity index (χ0v) is 11.8. The molecule has 0 spiro atoms. The first-order valence-electron chi connectivity index (χ1n) is 5.38. The Balaban J connectivity index is 2.07. The van der Waals surface area contributed by atoms with Crippen molar-refractivity contribution < 1.29 is 9.32 Å². The SMILES string of the molecule is CSc1c(NCCc2ncon2)sc(C(N)=O)c1N. The number of hydrogen-bond donors (Lipinski definition) is 3. The van der Waals surface area contributed by atoms with E-state index in [9.17, 15) is 4.79 Å². The van der Waals surface area contributed by atoms with Gasteiger partial charge in [0.1, 0.15) is 9.88 Å². The predicted molar refractivity (Wildman–Crippen MR) is 75.5 cm³/mol. The summed E-state index contributed by atoms with van der Waals surface area (Å²) >= 11 is 2.73. The highest BCUT2D eigenvalue weighted by atomic mass is 32.2. The van der Waals surface area contributed by atoms with Crippen LogP contribution in [0.1, 0.15) is 15.5 Å². The molecule has 19 heavy (non-hydrogen) atoms. The molecule has 0 saturated carbocycles. The van der Waals surface area contributed by atoms with Gasteiger partial charge in [0.05, 0.1) is 10.6 Å². The minimum Gasteiger partial charge on any atom is -0.396 e. The largest absolute Gasteiger partial charge is 0.396 e. The third-order valence-corrected chi connectivity index (χ3v) is 4.51. The molecule has 7 nitrogen and oxygen atoms in total. The zero-order chi connectivity index (χ0) is 13.8. The van der Waals surface area contributed by atoms with Crippen molar-refractivity contribution in [1.29, 1.82) is 0 Å². The van der Waals surface area contributed by atoms with Crippen molar-refractivity contribution >= 4 is 39.7 Å². The van der Waals surface area contributed by atoms with Gasteiger partial charge in [-0.15, -0.1) is 23.1 Å². The van der Waals surface area contributed by atoms with Crippen LogP contribution in [0.3, 0.4) is 0 Å². The summed E-state index contributed by atoms with van der Waals surface area (Å²) in [7, 11) is 0. The highest BCUT2D eigenvalue weighted by Gasteiger charge is 2.18. The number of rotatable bonds is 6. The van der Waals surface area contributed by atoms with E-state index in [0.29, 0.717) is 29.4 Å². The summed E-state index contributed by atoms with van der Waals surface area (Å²) in [6, 6.07) is 0. The predicted octanol–water partition coefficient (Wildman–Crippen LogP) is 1.19. The number of primary amides is 1. The molecule has 0 saturated heterocycles. The first kappa shape index (κ1) is 13.7. The maximum atomic E-state index is 11.2. The van der Waals surface area contributed by atoms with E-state index >= 15 is 0 Å². The van der Waals surface area contributed by atoms with Gasteiger partial charge in [-0.1, -0.05) is 5.16 Å². The topological polar surface area (TPSA) is 120 Å². The minimum atomic E-state index is -0.510.